The molecule has 1 aromatic heterocycles. The molecule has 0 atom stereocenters. The Hall–Kier alpha value is -1.77. The van der Waals surface area contributed by atoms with Crippen molar-refractivity contribution in [3.8, 4) is 0 Å². The number of fused-ring (bicyclic) bond motifs is 1. The van der Waals surface area contributed by atoms with Crippen LogP contribution in [0.2, 0.25) is 15.1 Å². The number of hydrogen-bond donors (Lipinski definition) is 1. The highest BCUT2D eigenvalue weighted by atomic mass is 35.5. The monoisotopic (exact) mass is 471 g/mol. The second-order valence-electron chi connectivity index (χ2n) is 5.97. The number of carbonyl (C=O) groups is 1. The highest BCUT2D eigenvalue weighted by Crippen LogP contribution is 2.26. The first kappa shape index (κ1) is 21.9. The summed E-state index contributed by atoms with van der Waals surface area (Å²) in [7, 11) is 1.55. The van der Waals surface area contributed by atoms with E-state index in [0.717, 1.165) is 11.8 Å². The number of aromatic nitrogens is 2. The normalized spacial score (nSPS) is 11.0. The van der Waals surface area contributed by atoms with Crippen LogP contribution in [0.3, 0.4) is 0 Å². The molecule has 2 aromatic carbocycles. The van der Waals surface area contributed by atoms with Crippen molar-refractivity contribution in [1.82, 2.24) is 9.55 Å². The van der Waals surface area contributed by atoms with Crippen molar-refractivity contribution in [1.29, 1.82) is 0 Å². The lowest BCUT2D eigenvalue weighted by Crippen LogP contribution is -2.26. The van der Waals surface area contributed by atoms with Gasteiger partial charge in [0.2, 0.25) is 5.91 Å². The summed E-state index contributed by atoms with van der Waals surface area (Å²) >= 11 is 19.2. The van der Waals surface area contributed by atoms with Gasteiger partial charge in [0.05, 0.1) is 40.5 Å². The van der Waals surface area contributed by atoms with Crippen LogP contribution in [-0.4, -0.2) is 34.9 Å². The van der Waals surface area contributed by atoms with Crippen LogP contribution >= 0.6 is 46.6 Å². The molecule has 0 aliphatic carbocycles. The maximum Gasteiger partial charge on any atom is 0.262 e. The van der Waals surface area contributed by atoms with Crippen LogP contribution in [0.25, 0.3) is 10.9 Å². The number of hydrogen-bond acceptors (Lipinski definition) is 5. The molecule has 0 saturated heterocycles. The van der Waals surface area contributed by atoms with Gasteiger partial charge >= 0.3 is 0 Å². The van der Waals surface area contributed by atoms with Crippen LogP contribution in [-0.2, 0) is 16.1 Å². The molecular weight excluding hydrogens is 457 g/mol. The molecule has 0 saturated carbocycles. The number of nitrogens with zero attached hydrogens (tertiary/aromatic N) is 2. The Kier molecular flexibility index (Phi) is 7.43. The SMILES string of the molecule is COCCn1c(SCC(=O)Nc2cc(Cl)ccc2Cl)nc2cc(Cl)ccc2c1=O. The Labute approximate surface area is 186 Å². The molecule has 10 heteroatoms. The van der Waals surface area contributed by atoms with Gasteiger partial charge in [-0.05, 0) is 36.4 Å². The summed E-state index contributed by atoms with van der Waals surface area (Å²) in [5.41, 5.74) is 0.668. The highest BCUT2D eigenvalue weighted by Gasteiger charge is 2.14. The third kappa shape index (κ3) is 5.43. The van der Waals surface area contributed by atoms with Gasteiger partial charge in [-0.2, -0.15) is 0 Å². The van der Waals surface area contributed by atoms with E-state index in [4.69, 9.17) is 39.5 Å². The molecule has 6 nitrogen and oxygen atoms in total. The Morgan fingerprint density at radius 3 is 2.66 bits per heavy atom. The molecule has 0 bridgehead atoms. The number of anilines is 1. The molecule has 3 aromatic rings. The van der Waals surface area contributed by atoms with E-state index in [2.05, 4.69) is 10.3 Å². The average Bonchev–Trinajstić information content (AvgIpc) is 2.68. The Balaban J connectivity index is 1.85. The summed E-state index contributed by atoms with van der Waals surface area (Å²) in [5.74, 6) is -0.285. The number of halogens is 3. The summed E-state index contributed by atoms with van der Waals surface area (Å²) in [6.45, 7) is 0.642. The van der Waals surface area contributed by atoms with Crippen LogP contribution in [0.15, 0.2) is 46.3 Å². The molecule has 0 aliphatic rings. The van der Waals surface area contributed by atoms with Crippen molar-refractivity contribution >= 4 is 69.1 Å². The topological polar surface area (TPSA) is 73.2 Å². The summed E-state index contributed by atoms with van der Waals surface area (Å²) in [4.78, 5) is 29.8. The predicted octanol–water partition coefficient (Wildman–Crippen LogP) is 4.73. The number of carbonyl (C=O) groups excluding carboxylic acids is 1. The number of methoxy groups -OCH3 is 1. The lowest BCUT2D eigenvalue weighted by Gasteiger charge is -2.13. The van der Waals surface area contributed by atoms with Crippen molar-refractivity contribution in [3.63, 3.8) is 0 Å². The Morgan fingerprint density at radius 1 is 1.17 bits per heavy atom. The summed E-state index contributed by atoms with van der Waals surface area (Å²) in [5, 5.41) is 4.86. The van der Waals surface area contributed by atoms with E-state index in [1.807, 2.05) is 0 Å². The number of ether oxygens (including phenoxy) is 1. The van der Waals surface area contributed by atoms with Crippen LogP contribution in [0.5, 0.6) is 0 Å². The van der Waals surface area contributed by atoms with E-state index in [-0.39, 0.29) is 17.2 Å². The highest BCUT2D eigenvalue weighted by molar-refractivity contribution is 7.99. The number of rotatable bonds is 7. The minimum atomic E-state index is -0.308. The fourth-order valence-corrected chi connectivity index (χ4v) is 3.90. The standard InChI is InChI=1S/C19H16Cl3N3O3S/c1-28-7-6-25-18(27)13-4-2-11(20)8-15(13)24-19(25)29-10-17(26)23-16-9-12(21)3-5-14(16)22/h2-5,8-9H,6-7,10H2,1H3,(H,23,26). The minimum absolute atomic E-state index is 0.0222. The second kappa shape index (κ2) is 9.82. The van der Waals surface area contributed by atoms with Crippen LogP contribution in [0, 0.1) is 0 Å². The molecule has 152 valence electrons. The van der Waals surface area contributed by atoms with Crippen molar-refractivity contribution < 1.29 is 9.53 Å². The third-order valence-electron chi connectivity index (χ3n) is 3.94. The molecule has 0 aliphatic heterocycles. The molecule has 0 unspecified atom stereocenters. The fraction of sp³-hybridized carbons (Fsp3) is 0.211. The van der Waals surface area contributed by atoms with Crippen LogP contribution < -0.4 is 10.9 Å². The number of nitrogens with one attached hydrogen (secondary N) is 1. The van der Waals surface area contributed by atoms with Crippen LogP contribution in [0.1, 0.15) is 0 Å². The van der Waals surface area contributed by atoms with Gasteiger partial charge in [0.15, 0.2) is 5.16 Å². The number of thioether (sulfide) groups is 1. The van der Waals surface area contributed by atoms with Crippen molar-refractivity contribution in [2.45, 2.75) is 11.7 Å². The largest absolute Gasteiger partial charge is 0.383 e. The van der Waals surface area contributed by atoms with Gasteiger partial charge in [-0.1, -0.05) is 46.6 Å². The first-order valence-electron chi connectivity index (χ1n) is 8.46. The van der Waals surface area contributed by atoms with E-state index in [0.29, 0.717) is 50.0 Å². The molecule has 1 N–H and O–H groups in total. The quantitative estimate of drug-likeness (QED) is 0.397. The lowest BCUT2D eigenvalue weighted by molar-refractivity contribution is -0.113. The third-order valence-corrected chi connectivity index (χ3v) is 5.71. The maximum atomic E-state index is 12.9. The second-order valence-corrected chi connectivity index (χ2v) is 8.19. The van der Waals surface area contributed by atoms with Crippen molar-refractivity contribution in [2.75, 3.05) is 24.8 Å². The molecule has 3 rings (SSSR count). The lowest BCUT2D eigenvalue weighted by atomic mass is 10.2. The molecule has 1 amide bonds. The molecule has 0 radical (unpaired) electrons. The smallest absolute Gasteiger partial charge is 0.262 e. The van der Waals surface area contributed by atoms with E-state index in [1.165, 1.54) is 4.57 Å². The van der Waals surface area contributed by atoms with E-state index < -0.39 is 0 Å². The number of amides is 1. The first-order chi connectivity index (χ1) is 13.9. The summed E-state index contributed by atoms with van der Waals surface area (Å²) < 4.78 is 6.58. The van der Waals surface area contributed by atoms with E-state index >= 15 is 0 Å². The molecule has 0 spiro atoms. The van der Waals surface area contributed by atoms with Crippen molar-refractivity contribution in [2.24, 2.45) is 0 Å². The zero-order valence-electron chi connectivity index (χ0n) is 15.2. The van der Waals surface area contributed by atoms with Gasteiger partial charge in [0.25, 0.3) is 5.56 Å². The van der Waals surface area contributed by atoms with Crippen LogP contribution in [0.4, 0.5) is 5.69 Å². The van der Waals surface area contributed by atoms with E-state index in [9.17, 15) is 9.59 Å². The molecular formula is C19H16Cl3N3O3S. The zero-order valence-corrected chi connectivity index (χ0v) is 18.3. The van der Waals surface area contributed by atoms with Gasteiger partial charge in [0, 0.05) is 17.2 Å². The zero-order chi connectivity index (χ0) is 21.0. The number of benzene rings is 2. The summed E-state index contributed by atoms with van der Waals surface area (Å²) in [6, 6.07) is 9.70. The Morgan fingerprint density at radius 2 is 1.90 bits per heavy atom. The van der Waals surface area contributed by atoms with Crippen molar-refractivity contribution in [3.05, 3.63) is 61.8 Å². The average molecular weight is 473 g/mol. The van der Waals surface area contributed by atoms with Gasteiger partial charge in [-0.25, -0.2) is 4.98 Å². The summed E-state index contributed by atoms with van der Waals surface area (Å²) in [6.07, 6.45) is 0. The van der Waals surface area contributed by atoms with Gasteiger partial charge < -0.3 is 10.1 Å². The van der Waals surface area contributed by atoms with Gasteiger partial charge in [0.1, 0.15) is 0 Å². The fourth-order valence-electron chi connectivity index (χ4n) is 2.57. The Bertz CT molecular complexity index is 1120. The minimum Gasteiger partial charge on any atom is -0.383 e. The maximum absolute atomic E-state index is 12.9. The molecule has 1 heterocycles. The predicted molar refractivity (Wildman–Crippen MR) is 119 cm³/mol. The molecule has 0 fully saturated rings. The molecule has 29 heavy (non-hydrogen) atoms. The first-order valence-corrected chi connectivity index (χ1v) is 10.6. The van der Waals surface area contributed by atoms with E-state index in [1.54, 1.807) is 43.5 Å². The van der Waals surface area contributed by atoms with Gasteiger partial charge in [-0.3, -0.25) is 14.2 Å². The van der Waals surface area contributed by atoms with Gasteiger partial charge in [-0.15, -0.1) is 0 Å².